The summed E-state index contributed by atoms with van der Waals surface area (Å²) in [5, 5.41) is 7.79. The number of ether oxygens (including phenoxy) is 3. The lowest BCUT2D eigenvalue weighted by Crippen LogP contribution is -2.31. The molecule has 4 rings (SSSR count). The lowest BCUT2D eigenvalue weighted by atomic mass is 10.0. The van der Waals surface area contributed by atoms with Crippen LogP contribution in [0.4, 0.5) is 0 Å². The van der Waals surface area contributed by atoms with E-state index in [-0.39, 0.29) is 10.5 Å². The van der Waals surface area contributed by atoms with E-state index in [2.05, 4.69) is 9.82 Å². The number of nitrogens with one attached hydrogen (secondary N) is 1. The predicted octanol–water partition coefficient (Wildman–Crippen LogP) is 3.21. The minimum Gasteiger partial charge on any atom is -0.493 e. The van der Waals surface area contributed by atoms with Gasteiger partial charge in [-0.25, -0.2) is 22.9 Å². The first-order valence-electron chi connectivity index (χ1n) is 11.1. The van der Waals surface area contributed by atoms with Crippen LogP contribution in [0.15, 0.2) is 70.0 Å². The molecule has 10 nitrogen and oxygen atoms in total. The van der Waals surface area contributed by atoms with Crippen molar-refractivity contribution in [3.8, 4) is 11.5 Å². The van der Waals surface area contributed by atoms with Gasteiger partial charge in [0.1, 0.15) is 0 Å². The van der Waals surface area contributed by atoms with Gasteiger partial charge in [-0.15, -0.1) is 11.3 Å². The van der Waals surface area contributed by atoms with E-state index < -0.39 is 34.5 Å². The molecule has 194 valence electrons. The summed E-state index contributed by atoms with van der Waals surface area (Å²) in [6.07, 6.45) is 0.458. The Bertz CT molecular complexity index is 1440. The molecule has 0 spiro atoms. The summed E-state index contributed by atoms with van der Waals surface area (Å²) in [7, 11) is 0.600. The largest absolute Gasteiger partial charge is 0.493 e. The number of thiophene rings is 1. The second-order valence-corrected chi connectivity index (χ2v) is 10.7. The second-order valence-electron chi connectivity index (χ2n) is 7.91. The number of esters is 1. The molecule has 0 saturated heterocycles. The molecule has 2 aromatic carbocycles. The maximum absolute atomic E-state index is 13.2. The zero-order valence-corrected chi connectivity index (χ0v) is 22.0. The van der Waals surface area contributed by atoms with Gasteiger partial charge in [-0.2, -0.15) is 5.10 Å². The quantitative estimate of drug-likeness (QED) is 0.411. The number of carbonyl (C=O) groups excluding carboxylic acids is 2. The Kier molecular flexibility index (Phi) is 7.91. The van der Waals surface area contributed by atoms with Crippen LogP contribution in [-0.2, 0) is 19.6 Å². The average molecular weight is 544 g/mol. The van der Waals surface area contributed by atoms with E-state index in [0.29, 0.717) is 17.9 Å². The number of sulfonamides is 1. The fourth-order valence-corrected chi connectivity index (χ4v) is 5.33. The number of hydrogen-bond acceptors (Lipinski definition) is 9. The highest BCUT2D eigenvalue weighted by molar-refractivity contribution is 7.89. The summed E-state index contributed by atoms with van der Waals surface area (Å²) in [6, 6.07) is 14.1. The Morgan fingerprint density at radius 2 is 1.86 bits per heavy atom. The molecule has 2 heterocycles. The van der Waals surface area contributed by atoms with Gasteiger partial charge >= 0.3 is 5.97 Å². The number of benzene rings is 2. The first-order chi connectivity index (χ1) is 17.8. The predicted molar refractivity (Wildman–Crippen MR) is 138 cm³/mol. The molecule has 1 atom stereocenters. The van der Waals surface area contributed by atoms with E-state index in [4.69, 9.17) is 14.2 Å². The maximum atomic E-state index is 13.2. The highest BCUT2D eigenvalue weighted by Crippen LogP contribution is 2.37. The van der Waals surface area contributed by atoms with Gasteiger partial charge in [-0.1, -0.05) is 18.2 Å². The van der Waals surface area contributed by atoms with Gasteiger partial charge < -0.3 is 14.2 Å². The first kappa shape index (κ1) is 26.3. The summed E-state index contributed by atoms with van der Waals surface area (Å²) in [4.78, 5) is 26.7. The fraction of sp³-hybridized carbons (Fsp3) is 0.240. The first-order valence-corrected chi connectivity index (χ1v) is 13.5. The van der Waals surface area contributed by atoms with Crippen molar-refractivity contribution in [2.75, 3.05) is 27.9 Å². The summed E-state index contributed by atoms with van der Waals surface area (Å²) >= 11 is 1.51. The van der Waals surface area contributed by atoms with Crippen LogP contribution >= 0.6 is 11.3 Å². The second kappa shape index (κ2) is 11.1. The normalized spacial score (nSPS) is 15.3. The standard InChI is InChI=1S/C25H25N3O7S2/c1-26-37(31,32)18-7-4-6-17(12-18)25(30)35-15-24(29)28-20(14-19(27-28)23-8-5-11-36-23)16-9-10-21(33-2)22(13-16)34-3/h4-13,20,26H,14-15H2,1-3H3/t20-/m0/s1. The van der Waals surface area contributed by atoms with E-state index in [9.17, 15) is 18.0 Å². The minimum absolute atomic E-state index is 0.00441. The number of rotatable bonds is 9. The van der Waals surface area contributed by atoms with E-state index in [1.54, 1.807) is 19.2 Å². The molecule has 1 aromatic heterocycles. The number of methoxy groups -OCH3 is 2. The van der Waals surface area contributed by atoms with Gasteiger partial charge in [0.05, 0.1) is 41.3 Å². The van der Waals surface area contributed by atoms with Crippen molar-refractivity contribution in [3.05, 3.63) is 76.0 Å². The number of carbonyl (C=O) groups is 2. The molecule has 0 bridgehead atoms. The highest BCUT2D eigenvalue weighted by atomic mass is 32.2. The topological polar surface area (TPSA) is 124 Å². The van der Waals surface area contributed by atoms with Crippen LogP contribution in [0.5, 0.6) is 11.5 Å². The molecule has 1 aliphatic heterocycles. The molecule has 0 unspecified atom stereocenters. The van der Waals surface area contributed by atoms with Gasteiger partial charge in [-0.05, 0) is 54.4 Å². The third-order valence-electron chi connectivity index (χ3n) is 5.74. The lowest BCUT2D eigenvalue weighted by molar-refractivity contribution is -0.136. The molecular weight excluding hydrogens is 518 g/mol. The summed E-state index contributed by atoms with van der Waals surface area (Å²) in [5.41, 5.74) is 1.52. The Labute approximate surface area is 218 Å². The van der Waals surface area contributed by atoms with Crippen LogP contribution in [0.3, 0.4) is 0 Å². The third kappa shape index (κ3) is 5.66. The molecular formula is C25H25N3O7S2. The van der Waals surface area contributed by atoms with Gasteiger partial charge in [0.25, 0.3) is 5.91 Å². The monoisotopic (exact) mass is 543 g/mol. The Balaban J connectivity index is 1.55. The number of hydrazone groups is 1. The van der Waals surface area contributed by atoms with Crippen molar-refractivity contribution in [1.29, 1.82) is 0 Å². The van der Waals surface area contributed by atoms with E-state index in [1.165, 1.54) is 54.8 Å². The zero-order chi connectivity index (χ0) is 26.6. The van der Waals surface area contributed by atoms with Crippen molar-refractivity contribution >= 4 is 38.9 Å². The van der Waals surface area contributed by atoms with Gasteiger partial charge in [0.15, 0.2) is 18.1 Å². The molecule has 0 aliphatic carbocycles. The molecule has 3 aromatic rings. The molecule has 1 N–H and O–H groups in total. The van der Waals surface area contributed by atoms with E-state index >= 15 is 0 Å². The third-order valence-corrected chi connectivity index (χ3v) is 8.07. The smallest absolute Gasteiger partial charge is 0.338 e. The van der Waals surface area contributed by atoms with Crippen molar-refractivity contribution in [2.24, 2.45) is 5.10 Å². The Morgan fingerprint density at radius 1 is 1.08 bits per heavy atom. The van der Waals surface area contributed by atoms with Crippen LogP contribution < -0.4 is 14.2 Å². The summed E-state index contributed by atoms with van der Waals surface area (Å²) < 4.78 is 42.3. The SMILES string of the molecule is CNS(=O)(=O)c1cccc(C(=O)OCC(=O)N2N=C(c3cccs3)C[C@H]2c2ccc(OC)c(OC)c2)c1. The Morgan fingerprint density at radius 3 is 2.54 bits per heavy atom. The number of nitrogens with zero attached hydrogens (tertiary/aromatic N) is 2. The maximum Gasteiger partial charge on any atom is 0.338 e. The number of amides is 1. The van der Waals surface area contributed by atoms with E-state index in [0.717, 1.165) is 16.2 Å². The molecule has 0 radical (unpaired) electrons. The number of hydrogen-bond donors (Lipinski definition) is 1. The average Bonchev–Trinajstić information content (AvgIpc) is 3.62. The Hall–Kier alpha value is -3.74. The lowest BCUT2D eigenvalue weighted by Gasteiger charge is -2.22. The van der Waals surface area contributed by atoms with Crippen molar-refractivity contribution in [3.63, 3.8) is 0 Å². The zero-order valence-electron chi connectivity index (χ0n) is 20.3. The highest BCUT2D eigenvalue weighted by Gasteiger charge is 2.34. The summed E-state index contributed by atoms with van der Waals surface area (Å²) in [5.74, 6) is -0.290. The van der Waals surface area contributed by atoms with Crippen LogP contribution in [-0.4, -0.2) is 58.9 Å². The molecule has 1 amide bonds. The minimum atomic E-state index is -3.74. The molecule has 1 aliphatic rings. The molecule has 12 heteroatoms. The molecule has 37 heavy (non-hydrogen) atoms. The van der Waals surface area contributed by atoms with Crippen molar-refractivity contribution in [2.45, 2.75) is 17.4 Å². The van der Waals surface area contributed by atoms with Gasteiger partial charge in [0.2, 0.25) is 10.0 Å². The van der Waals surface area contributed by atoms with E-state index in [1.807, 2.05) is 23.6 Å². The van der Waals surface area contributed by atoms with Crippen molar-refractivity contribution < 1.29 is 32.2 Å². The van der Waals surface area contributed by atoms with Gasteiger partial charge in [-0.3, -0.25) is 4.79 Å². The van der Waals surface area contributed by atoms with Crippen molar-refractivity contribution in [1.82, 2.24) is 9.73 Å². The van der Waals surface area contributed by atoms with Crippen LogP contribution in [0.25, 0.3) is 0 Å². The van der Waals surface area contributed by atoms with Crippen LogP contribution in [0.2, 0.25) is 0 Å². The van der Waals surface area contributed by atoms with Crippen LogP contribution in [0.1, 0.15) is 33.3 Å². The van der Waals surface area contributed by atoms with Crippen LogP contribution in [0, 0.1) is 0 Å². The summed E-state index contributed by atoms with van der Waals surface area (Å²) in [6.45, 7) is -0.577. The molecule has 0 saturated carbocycles. The fourth-order valence-electron chi connectivity index (χ4n) is 3.84. The molecule has 0 fully saturated rings. The van der Waals surface area contributed by atoms with Gasteiger partial charge in [0, 0.05) is 6.42 Å².